The molecule has 96 valence electrons. The van der Waals surface area contributed by atoms with Gasteiger partial charge in [0.1, 0.15) is 6.04 Å². The molecule has 0 radical (unpaired) electrons. The Morgan fingerprint density at radius 3 is 2.67 bits per heavy atom. The van der Waals surface area contributed by atoms with Crippen LogP contribution in [0.1, 0.15) is 32.1 Å². The maximum atomic E-state index is 12.2. The minimum Gasteiger partial charge on any atom is -0.372 e. The van der Waals surface area contributed by atoms with Gasteiger partial charge >= 0.3 is 0 Å². The van der Waals surface area contributed by atoms with Crippen LogP contribution < -0.4 is 10.6 Å². The second kappa shape index (κ2) is 4.81. The predicted molar refractivity (Wildman–Crippen MR) is 74.1 cm³/mol. The van der Waals surface area contributed by atoms with E-state index in [4.69, 9.17) is 11.6 Å². The van der Waals surface area contributed by atoms with Crippen molar-refractivity contribution in [1.29, 1.82) is 0 Å². The molecule has 0 aromatic heterocycles. The molecule has 0 spiro atoms. The lowest BCUT2D eigenvalue weighted by Crippen LogP contribution is -2.44. The van der Waals surface area contributed by atoms with E-state index in [1.165, 1.54) is 19.3 Å². The van der Waals surface area contributed by atoms with Crippen molar-refractivity contribution in [2.75, 3.05) is 10.6 Å². The maximum Gasteiger partial charge on any atom is 0.247 e. The van der Waals surface area contributed by atoms with E-state index in [2.05, 4.69) is 10.6 Å². The third-order valence-corrected chi connectivity index (χ3v) is 4.19. The first-order valence-electron chi connectivity index (χ1n) is 6.61. The first kappa shape index (κ1) is 11.8. The monoisotopic (exact) mass is 264 g/mol. The molecule has 1 aliphatic carbocycles. The number of hydrogen-bond acceptors (Lipinski definition) is 2. The van der Waals surface area contributed by atoms with Crippen molar-refractivity contribution in [1.82, 2.24) is 0 Å². The van der Waals surface area contributed by atoms with Crippen LogP contribution in [0.25, 0.3) is 0 Å². The van der Waals surface area contributed by atoms with E-state index in [0.29, 0.717) is 10.9 Å². The van der Waals surface area contributed by atoms with E-state index >= 15 is 0 Å². The van der Waals surface area contributed by atoms with Gasteiger partial charge in [-0.2, -0.15) is 0 Å². The summed E-state index contributed by atoms with van der Waals surface area (Å²) in [7, 11) is 0. The molecule has 2 aliphatic rings. The van der Waals surface area contributed by atoms with Gasteiger partial charge in [-0.3, -0.25) is 4.79 Å². The fourth-order valence-electron chi connectivity index (χ4n) is 2.99. The van der Waals surface area contributed by atoms with Crippen LogP contribution >= 0.6 is 11.6 Å². The number of fused-ring (bicyclic) bond motifs is 1. The Morgan fingerprint density at radius 2 is 1.89 bits per heavy atom. The molecule has 1 unspecified atom stereocenters. The lowest BCUT2D eigenvalue weighted by Gasteiger charge is -2.34. The summed E-state index contributed by atoms with van der Waals surface area (Å²) in [6, 6.07) is 5.49. The van der Waals surface area contributed by atoms with Gasteiger partial charge < -0.3 is 10.6 Å². The molecule has 1 amide bonds. The van der Waals surface area contributed by atoms with Crippen LogP contribution in [0.2, 0.25) is 5.02 Å². The number of halogens is 1. The standard InChI is InChI=1S/C14H17ClN2O/c15-10-6-7-11-12(8-10)17-14(18)13(16-11)9-4-2-1-3-5-9/h6-9,13,16H,1-5H2,(H,17,18). The Bertz CT molecular complexity index is 469. The summed E-state index contributed by atoms with van der Waals surface area (Å²) in [6.07, 6.45) is 6.08. The summed E-state index contributed by atoms with van der Waals surface area (Å²) in [5, 5.41) is 6.98. The maximum absolute atomic E-state index is 12.2. The first-order chi connectivity index (χ1) is 8.74. The van der Waals surface area contributed by atoms with Crippen LogP contribution in [0.3, 0.4) is 0 Å². The van der Waals surface area contributed by atoms with E-state index in [9.17, 15) is 4.79 Å². The fraction of sp³-hybridized carbons (Fsp3) is 0.500. The highest BCUT2D eigenvalue weighted by Crippen LogP contribution is 2.35. The van der Waals surface area contributed by atoms with Crippen LogP contribution in [0.5, 0.6) is 0 Å². The molecular formula is C14H17ClN2O. The summed E-state index contributed by atoms with van der Waals surface area (Å²) in [6.45, 7) is 0. The number of rotatable bonds is 1. The van der Waals surface area contributed by atoms with E-state index < -0.39 is 0 Å². The Hall–Kier alpha value is -1.22. The highest BCUT2D eigenvalue weighted by Gasteiger charge is 2.33. The Labute approximate surface area is 112 Å². The van der Waals surface area contributed by atoms with Crippen molar-refractivity contribution in [3.63, 3.8) is 0 Å². The number of carbonyl (C=O) groups excluding carboxylic acids is 1. The van der Waals surface area contributed by atoms with Gasteiger partial charge in [-0.05, 0) is 37.0 Å². The lowest BCUT2D eigenvalue weighted by molar-refractivity contribution is -0.118. The Kier molecular flexibility index (Phi) is 3.16. The topological polar surface area (TPSA) is 41.1 Å². The summed E-state index contributed by atoms with van der Waals surface area (Å²) in [5.41, 5.74) is 1.77. The zero-order valence-electron chi connectivity index (χ0n) is 10.2. The lowest BCUT2D eigenvalue weighted by atomic mass is 9.83. The van der Waals surface area contributed by atoms with Crippen LogP contribution in [0.15, 0.2) is 18.2 Å². The Balaban J connectivity index is 1.82. The molecule has 3 rings (SSSR count). The van der Waals surface area contributed by atoms with Crippen LogP contribution in [-0.2, 0) is 4.79 Å². The van der Waals surface area contributed by atoms with Gasteiger partial charge in [0.25, 0.3) is 0 Å². The van der Waals surface area contributed by atoms with Crippen molar-refractivity contribution >= 4 is 28.9 Å². The summed E-state index contributed by atoms with van der Waals surface area (Å²) >= 11 is 5.93. The quantitative estimate of drug-likeness (QED) is 0.813. The number of anilines is 2. The first-order valence-corrected chi connectivity index (χ1v) is 6.99. The highest BCUT2D eigenvalue weighted by atomic mass is 35.5. The van der Waals surface area contributed by atoms with Gasteiger partial charge in [0.15, 0.2) is 0 Å². The normalized spacial score (nSPS) is 24.1. The number of benzene rings is 1. The molecule has 1 aliphatic heterocycles. The zero-order valence-corrected chi connectivity index (χ0v) is 11.0. The molecule has 18 heavy (non-hydrogen) atoms. The SMILES string of the molecule is O=C1Nc2cc(Cl)ccc2NC1C1CCCCC1. The molecule has 1 saturated carbocycles. The highest BCUT2D eigenvalue weighted by molar-refractivity contribution is 6.31. The van der Waals surface area contributed by atoms with Crippen molar-refractivity contribution in [2.45, 2.75) is 38.1 Å². The van der Waals surface area contributed by atoms with E-state index in [0.717, 1.165) is 24.2 Å². The zero-order chi connectivity index (χ0) is 12.5. The van der Waals surface area contributed by atoms with Gasteiger partial charge in [-0.25, -0.2) is 0 Å². The van der Waals surface area contributed by atoms with Crippen molar-refractivity contribution in [3.05, 3.63) is 23.2 Å². The van der Waals surface area contributed by atoms with E-state index in [1.807, 2.05) is 12.1 Å². The molecule has 3 nitrogen and oxygen atoms in total. The molecule has 0 bridgehead atoms. The third-order valence-electron chi connectivity index (χ3n) is 3.95. The smallest absolute Gasteiger partial charge is 0.247 e. The number of carbonyl (C=O) groups is 1. The second-order valence-corrected chi connectivity index (χ2v) is 5.64. The summed E-state index contributed by atoms with van der Waals surface area (Å²) in [5.74, 6) is 0.541. The van der Waals surface area contributed by atoms with Gasteiger partial charge in [-0.1, -0.05) is 30.9 Å². The number of hydrogen-bond donors (Lipinski definition) is 2. The minimum absolute atomic E-state index is 0.0802. The van der Waals surface area contributed by atoms with E-state index in [-0.39, 0.29) is 11.9 Å². The third kappa shape index (κ3) is 2.19. The summed E-state index contributed by atoms with van der Waals surface area (Å²) < 4.78 is 0. The number of nitrogens with one attached hydrogen (secondary N) is 2. The average Bonchev–Trinajstić information content (AvgIpc) is 2.39. The van der Waals surface area contributed by atoms with Gasteiger partial charge in [0, 0.05) is 5.02 Å². The second-order valence-electron chi connectivity index (χ2n) is 5.20. The molecule has 1 atom stereocenters. The fourth-order valence-corrected chi connectivity index (χ4v) is 3.16. The minimum atomic E-state index is -0.0843. The largest absolute Gasteiger partial charge is 0.372 e. The molecule has 1 aromatic rings. The van der Waals surface area contributed by atoms with Crippen LogP contribution in [0, 0.1) is 5.92 Å². The predicted octanol–water partition coefficient (Wildman–Crippen LogP) is 3.65. The summed E-state index contributed by atoms with van der Waals surface area (Å²) in [4.78, 5) is 12.2. The van der Waals surface area contributed by atoms with E-state index in [1.54, 1.807) is 6.07 Å². The van der Waals surface area contributed by atoms with Crippen molar-refractivity contribution in [3.8, 4) is 0 Å². The van der Waals surface area contributed by atoms with Gasteiger partial charge in [0.2, 0.25) is 5.91 Å². The molecule has 1 heterocycles. The Morgan fingerprint density at radius 1 is 1.11 bits per heavy atom. The average molecular weight is 265 g/mol. The molecule has 4 heteroatoms. The molecular weight excluding hydrogens is 248 g/mol. The number of amides is 1. The van der Waals surface area contributed by atoms with Crippen LogP contribution in [0.4, 0.5) is 11.4 Å². The van der Waals surface area contributed by atoms with Crippen LogP contribution in [-0.4, -0.2) is 11.9 Å². The molecule has 0 saturated heterocycles. The van der Waals surface area contributed by atoms with Gasteiger partial charge in [-0.15, -0.1) is 0 Å². The van der Waals surface area contributed by atoms with Gasteiger partial charge in [0.05, 0.1) is 11.4 Å². The molecule has 1 fully saturated rings. The molecule has 2 N–H and O–H groups in total. The van der Waals surface area contributed by atoms with Crippen molar-refractivity contribution < 1.29 is 4.79 Å². The van der Waals surface area contributed by atoms with Crippen molar-refractivity contribution in [2.24, 2.45) is 5.92 Å². The molecule has 1 aromatic carbocycles.